The number of ether oxygens (including phenoxy) is 1. The molecule has 0 aliphatic carbocycles. The summed E-state index contributed by atoms with van der Waals surface area (Å²) in [6.07, 6.45) is 0. The molecular weight excluding hydrogens is 404 g/mol. The summed E-state index contributed by atoms with van der Waals surface area (Å²) in [5.74, 6) is -5.61. The first-order valence-corrected chi connectivity index (χ1v) is 9.63. The molecule has 0 saturated carbocycles. The Labute approximate surface area is 177 Å². The number of rotatable bonds is 6. The summed E-state index contributed by atoms with van der Waals surface area (Å²) in [4.78, 5) is 0. The molecule has 0 heterocycles. The van der Waals surface area contributed by atoms with Crippen LogP contribution in [-0.4, -0.2) is 0 Å². The van der Waals surface area contributed by atoms with Crippen LogP contribution in [0, 0.1) is 0 Å². The highest BCUT2D eigenvalue weighted by Crippen LogP contribution is 2.38. The summed E-state index contributed by atoms with van der Waals surface area (Å²) in [5, 5.41) is 0. The second-order valence-corrected chi connectivity index (χ2v) is 7.03. The van der Waals surface area contributed by atoms with Crippen molar-refractivity contribution in [2.75, 3.05) is 0 Å². The molecular formula is C26H18F4O. The van der Waals surface area contributed by atoms with Gasteiger partial charge in [-0.3, -0.25) is 0 Å². The van der Waals surface area contributed by atoms with Gasteiger partial charge in [0.15, 0.2) is 0 Å². The van der Waals surface area contributed by atoms with Crippen LogP contribution in [-0.2, 0) is 11.8 Å². The average Bonchev–Trinajstić information content (AvgIpc) is 2.81. The molecule has 0 bridgehead atoms. The first-order chi connectivity index (χ1) is 14.9. The van der Waals surface area contributed by atoms with Crippen LogP contribution in [0.2, 0.25) is 0 Å². The van der Waals surface area contributed by atoms with Gasteiger partial charge in [0.05, 0.1) is 0 Å². The van der Waals surface area contributed by atoms with E-state index in [1.165, 1.54) is 72.8 Å². The number of benzene rings is 4. The fourth-order valence-electron chi connectivity index (χ4n) is 3.23. The Morgan fingerprint density at radius 3 is 1.00 bits per heavy atom. The van der Waals surface area contributed by atoms with E-state index in [9.17, 15) is 17.6 Å². The minimum atomic E-state index is -3.13. The lowest BCUT2D eigenvalue weighted by molar-refractivity contribution is 0.0423. The van der Waals surface area contributed by atoms with Crippen molar-refractivity contribution in [2.45, 2.75) is 11.8 Å². The van der Waals surface area contributed by atoms with Gasteiger partial charge in [-0.05, 0) is 48.5 Å². The van der Waals surface area contributed by atoms with Gasteiger partial charge in [0.1, 0.15) is 11.5 Å². The van der Waals surface area contributed by atoms with Crippen LogP contribution in [0.3, 0.4) is 0 Å². The lowest BCUT2D eigenvalue weighted by atomic mass is 10.0. The molecule has 1 nitrogen and oxygen atoms in total. The molecule has 0 saturated heterocycles. The summed E-state index contributed by atoms with van der Waals surface area (Å²) in [6.45, 7) is 0. The van der Waals surface area contributed by atoms with Crippen LogP contribution in [0.1, 0.15) is 22.3 Å². The topological polar surface area (TPSA) is 9.23 Å². The van der Waals surface area contributed by atoms with E-state index < -0.39 is 11.8 Å². The van der Waals surface area contributed by atoms with Gasteiger partial charge < -0.3 is 4.74 Å². The second-order valence-electron chi connectivity index (χ2n) is 7.03. The highest BCUT2D eigenvalue weighted by molar-refractivity contribution is 5.41. The minimum absolute atomic E-state index is 0.0985. The van der Waals surface area contributed by atoms with Crippen LogP contribution < -0.4 is 4.74 Å². The summed E-state index contributed by atoms with van der Waals surface area (Å²) >= 11 is 0. The number of hydrogen-bond acceptors (Lipinski definition) is 1. The maximum Gasteiger partial charge on any atom is 0.298 e. The fourth-order valence-corrected chi connectivity index (χ4v) is 3.23. The van der Waals surface area contributed by atoms with Gasteiger partial charge in [-0.25, -0.2) is 0 Å². The van der Waals surface area contributed by atoms with Crippen molar-refractivity contribution in [1.29, 1.82) is 0 Å². The predicted molar refractivity (Wildman–Crippen MR) is 112 cm³/mol. The molecule has 5 heteroatoms. The molecule has 0 aliphatic rings. The molecule has 0 spiro atoms. The number of hydrogen-bond donors (Lipinski definition) is 0. The standard InChI is InChI=1S/C26H18F4O/c27-25(28,19-7-3-1-4-8-19)21-11-15-23(16-12-21)31-24-17-13-22(14-18-24)26(29,30)20-9-5-2-6-10-20/h1-18H. The molecule has 0 aromatic heterocycles. The molecule has 31 heavy (non-hydrogen) atoms. The molecule has 4 aromatic rings. The summed E-state index contributed by atoms with van der Waals surface area (Å²) in [6, 6.07) is 26.0. The largest absolute Gasteiger partial charge is 0.457 e. The van der Waals surface area contributed by atoms with Gasteiger partial charge in [0.25, 0.3) is 11.8 Å². The molecule has 0 radical (unpaired) electrons. The zero-order valence-corrected chi connectivity index (χ0v) is 16.3. The third-order valence-corrected chi connectivity index (χ3v) is 4.94. The SMILES string of the molecule is FC(F)(c1ccccc1)c1ccc(Oc2ccc(C(F)(F)c3ccccc3)cc2)cc1. The van der Waals surface area contributed by atoms with E-state index in [0.29, 0.717) is 11.5 Å². The molecule has 0 amide bonds. The van der Waals surface area contributed by atoms with Crippen LogP contribution in [0.25, 0.3) is 0 Å². The zero-order chi connectivity index (χ0) is 21.9. The highest BCUT2D eigenvalue weighted by atomic mass is 19.3. The number of alkyl halides is 4. The molecule has 0 fully saturated rings. The Bertz CT molecular complexity index is 1030. The second kappa shape index (κ2) is 8.26. The minimum Gasteiger partial charge on any atom is -0.457 e. The first kappa shape index (κ1) is 20.7. The maximum atomic E-state index is 14.6. The van der Waals surface area contributed by atoms with Crippen molar-refractivity contribution in [3.8, 4) is 11.5 Å². The quantitative estimate of drug-likeness (QED) is 0.289. The Balaban J connectivity index is 1.49. The Morgan fingerprint density at radius 2 is 0.677 bits per heavy atom. The van der Waals surface area contributed by atoms with Crippen molar-refractivity contribution in [3.05, 3.63) is 131 Å². The van der Waals surface area contributed by atoms with E-state index in [0.717, 1.165) is 0 Å². The van der Waals surface area contributed by atoms with Crippen molar-refractivity contribution in [1.82, 2.24) is 0 Å². The summed E-state index contributed by atoms with van der Waals surface area (Å²) in [7, 11) is 0. The Kier molecular flexibility index (Phi) is 5.51. The van der Waals surface area contributed by atoms with Crippen LogP contribution >= 0.6 is 0 Å². The van der Waals surface area contributed by atoms with Crippen LogP contribution in [0.5, 0.6) is 11.5 Å². The third kappa shape index (κ3) is 4.31. The fraction of sp³-hybridized carbons (Fsp3) is 0.0769. The Hall–Kier alpha value is -3.60. The number of halogens is 4. The van der Waals surface area contributed by atoms with Gasteiger partial charge in [-0.1, -0.05) is 60.7 Å². The summed E-state index contributed by atoms with van der Waals surface area (Å²) < 4.78 is 64.2. The average molecular weight is 422 g/mol. The van der Waals surface area contributed by atoms with Gasteiger partial charge in [-0.2, -0.15) is 17.6 Å². The van der Waals surface area contributed by atoms with Gasteiger partial charge in [0.2, 0.25) is 0 Å². The van der Waals surface area contributed by atoms with E-state index in [1.807, 2.05) is 0 Å². The lowest BCUT2D eigenvalue weighted by Crippen LogP contribution is -2.15. The van der Waals surface area contributed by atoms with E-state index in [2.05, 4.69) is 0 Å². The molecule has 4 rings (SSSR count). The molecule has 0 atom stereocenters. The normalized spacial score (nSPS) is 11.9. The molecule has 4 aromatic carbocycles. The smallest absolute Gasteiger partial charge is 0.298 e. The molecule has 0 N–H and O–H groups in total. The van der Waals surface area contributed by atoms with Crippen molar-refractivity contribution < 1.29 is 22.3 Å². The Morgan fingerprint density at radius 1 is 0.387 bits per heavy atom. The predicted octanol–water partition coefficient (Wildman–Crippen LogP) is 7.76. The van der Waals surface area contributed by atoms with Crippen molar-refractivity contribution >= 4 is 0 Å². The monoisotopic (exact) mass is 422 g/mol. The molecule has 156 valence electrons. The highest BCUT2D eigenvalue weighted by Gasteiger charge is 2.34. The van der Waals surface area contributed by atoms with Gasteiger partial charge >= 0.3 is 0 Å². The van der Waals surface area contributed by atoms with Crippen molar-refractivity contribution in [2.24, 2.45) is 0 Å². The van der Waals surface area contributed by atoms with Gasteiger partial charge in [-0.15, -0.1) is 0 Å². The molecule has 0 aliphatic heterocycles. The maximum absolute atomic E-state index is 14.6. The first-order valence-electron chi connectivity index (χ1n) is 9.63. The van der Waals surface area contributed by atoms with Gasteiger partial charge in [0, 0.05) is 22.3 Å². The van der Waals surface area contributed by atoms with Crippen LogP contribution in [0.4, 0.5) is 17.6 Å². The van der Waals surface area contributed by atoms with E-state index >= 15 is 0 Å². The summed E-state index contributed by atoms with van der Waals surface area (Å²) in [5.41, 5.74) is -0.523. The van der Waals surface area contributed by atoms with E-state index in [-0.39, 0.29) is 22.3 Å². The lowest BCUT2D eigenvalue weighted by Gasteiger charge is -2.18. The van der Waals surface area contributed by atoms with Crippen molar-refractivity contribution in [3.63, 3.8) is 0 Å². The van der Waals surface area contributed by atoms with E-state index in [4.69, 9.17) is 4.74 Å². The zero-order valence-electron chi connectivity index (χ0n) is 16.3. The molecule has 0 unspecified atom stereocenters. The van der Waals surface area contributed by atoms with Crippen LogP contribution in [0.15, 0.2) is 109 Å². The van der Waals surface area contributed by atoms with E-state index in [1.54, 1.807) is 36.4 Å². The third-order valence-electron chi connectivity index (χ3n) is 4.94.